The Balaban J connectivity index is 1.54. The minimum Gasteiger partial charge on any atom is -0.367 e. The predicted molar refractivity (Wildman–Crippen MR) is 126 cm³/mol. The van der Waals surface area contributed by atoms with E-state index in [9.17, 15) is 10.5 Å². The van der Waals surface area contributed by atoms with Crippen molar-refractivity contribution in [2.24, 2.45) is 0 Å². The average Bonchev–Trinajstić information content (AvgIpc) is 3.53. The van der Waals surface area contributed by atoms with Crippen molar-refractivity contribution in [1.82, 2.24) is 24.5 Å². The molecule has 1 unspecified atom stereocenters. The van der Waals surface area contributed by atoms with Crippen LogP contribution < -0.4 is 15.5 Å². The molecular weight excluding hydrogens is 440 g/mol. The van der Waals surface area contributed by atoms with Gasteiger partial charge in [0.2, 0.25) is 5.95 Å². The number of nitrogens with zero attached hydrogens (tertiary/aromatic N) is 8. The van der Waals surface area contributed by atoms with Gasteiger partial charge in [-0.15, -0.1) is 5.10 Å². The van der Waals surface area contributed by atoms with E-state index < -0.39 is 0 Å². The molecular formula is C22H23ClN10. The Kier molecular flexibility index (Phi) is 5.41. The number of aromatic nitrogens is 4. The van der Waals surface area contributed by atoms with E-state index in [0.717, 1.165) is 38.2 Å². The van der Waals surface area contributed by atoms with Crippen LogP contribution in [0.3, 0.4) is 0 Å². The average molecular weight is 463 g/mol. The van der Waals surface area contributed by atoms with Gasteiger partial charge in [0, 0.05) is 31.7 Å². The van der Waals surface area contributed by atoms with Gasteiger partial charge in [0.25, 0.3) is 0 Å². The summed E-state index contributed by atoms with van der Waals surface area (Å²) in [5, 5.41) is 30.6. The Hall–Kier alpha value is -3.60. The van der Waals surface area contributed by atoms with Crippen molar-refractivity contribution in [2.45, 2.75) is 31.8 Å². The zero-order chi connectivity index (χ0) is 23.1. The molecule has 33 heavy (non-hydrogen) atoms. The van der Waals surface area contributed by atoms with Crippen LogP contribution in [0.1, 0.15) is 31.0 Å². The number of rotatable bonds is 5. The lowest BCUT2D eigenvalue weighted by atomic mass is 10.1. The van der Waals surface area contributed by atoms with Gasteiger partial charge in [-0.2, -0.15) is 20.0 Å². The van der Waals surface area contributed by atoms with Gasteiger partial charge in [0.1, 0.15) is 6.07 Å². The smallest absolute Gasteiger partial charge is 0.247 e. The van der Waals surface area contributed by atoms with Crippen LogP contribution in [-0.4, -0.2) is 63.2 Å². The number of fused-ring (bicyclic) bond motifs is 1. The van der Waals surface area contributed by atoms with Gasteiger partial charge in [0.05, 0.1) is 34.2 Å². The van der Waals surface area contributed by atoms with Crippen molar-refractivity contribution in [2.75, 3.05) is 42.2 Å². The molecule has 2 aliphatic rings. The topological polar surface area (TPSA) is 121 Å². The molecule has 1 aromatic carbocycles. The summed E-state index contributed by atoms with van der Waals surface area (Å²) in [5.74, 6) is 0.812. The summed E-state index contributed by atoms with van der Waals surface area (Å²) < 4.78 is 1.46. The highest BCUT2D eigenvalue weighted by Crippen LogP contribution is 2.37. The van der Waals surface area contributed by atoms with Crippen LogP contribution in [0, 0.1) is 22.7 Å². The minimum absolute atomic E-state index is 0.259. The summed E-state index contributed by atoms with van der Waals surface area (Å²) in [6.45, 7) is 4.70. The Morgan fingerprint density at radius 1 is 1.18 bits per heavy atom. The summed E-state index contributed by atoms with van der Waals surface area (Å²) in [6, 6.07) is 8.54. The maximum atomic E-state index is 9.63. The SMILES string of the molecule is CC1CN(c2cc(C#N)cc(Nc3nc(NC4CC4)c4ncc(C#N)n4n3)c2Cl)CCN1C. The number of nitriles is 2. The number of hydrogen-bond acceptors (Lipinski definition) is 9. The molecule has 0 spiro atoms. The zero-order valence-corrected chi connectivity index (χ0v) is 19.1. The third-order valence-electron chi connectivity index (χ3n) is 6.12. The Labute approximate surface area is 196 Å². The molecule has 10 nitrogen and oxygen atoms in total. The first kappa shape index (κ1) is 21.3. The van der Waals surface area contributed by atoms with Crippen LogP contribution in [0.15, 0.2) is 18.3 Å². The Morgan fingerprint density at radius 3 is 2.70 bits per heavy atom. The fraction of sp³-hybridized carbons (Fsp3) is 0.409. The zero-order valence-electron chi connectivity index (χ0n) is 18.4. The first-order chi connectivity index (χ1) is 16.0. The number of halogens is 1. The van der Waals surface area contributed by atoms with E-state index in [4.69, 9.17) is 11.6 Å². The van der Waals surface area contributed by atoms with Crippen LogP contribution in [0.2, 0.25) is 5.02 Å². The van der Waals surface area contributed by atoms with E-state index >= 15 is 0 Å². The van der Waals surface area contributed by atoms with Crippen molar-refractivity contribution < 1.29 is 0 Å². The fourth-order valence-electron chi connectivity index (χ4n) is 3.91. The third-order valence-corrected chi connectivity index (χ3v) is 6.52. The second-order valence-corrected chi connectivity index (χ2v) is 8.94. The molecule has 2 fully saturated rings. The molecule has 5 rings (SSSR count). The van der Waals surface area contributed by atoms with Crippen LogP contribution in [0.25, 0.3) is 5.65 Å². The molecule has 1 saturated carbocycles. The van der Waals surface area contributed by atoms with Crippen molar-refractivity contribution in [3.8, 4) is 12.1 Å². The monoisotopic (exact) mass is 462 g/mol. The van der Waals surface area contributed by atoms with Gasteiger partial charge in [-0.05, 0) is 38.9 Å². The summed E-state index contributed by atoms with van der Waals surface area (Å²) >= 11 is 6.83. The highest BCUT2D eigenvalue weighted by Gasteiger charge is 2.26. The van der Waals surface area contributed by atoms with Crippen molar-refractivity contribution in [3.63, 3.8) is 0 Å². The largest absolute Gasteiger partial charge is 0.367 e. The van der Waals surface area contributed by atoms with Crippen LogP contribution in [-0.2, 0) is 0 Å². The van der Waals surface area contributed by atoms with Crippen molar-refractivity contribution in [1.29, 1.82) is 10.5 Å². The molecule has 2 aromatic heterocycles. The number of benzene rings is 1. The standard InChI is InChI=1S/C22H23ClN10/c1-13-12-32(6-5-31(13)2)18-8-14(9-24)7-17(19(18)23)28-22-29-20(27-15-3-4-15)21-26-11-16(10-25)33(21)30-22/h7-8,11,13,15H,3-6,12H2,1-2H3,(H2,27,28,29,30). The van der Waals surface area contributed by atoms with Crippen molar-refractivity contribution in [3.05, 3.63) is 34.6 Å². The quantitative estimate of drug-likeness (QED) is 0.589. The Bertz CT molecular complexity index is 1300. The molecule has 2 N–H and O–H groups in total. The van der Waals surface area contributed by atoms with E-state index in [1.165, 1.54) is 10.7 Å². The normalized spacial score (nSPS) is 18.7. The third kappa shape index (κ3) is 4.11. The van der Waals surface area contributed by atoms with Gasteiger partial charge in [-0.3, -0.25) is 0 Å². The van der Waals surface area contributed by atoms with Crippen LogP contribution in [0.5, 0.6) is 0 Å². The molecule has 3 aromatic rings. The number of nitrogens with one attached hydrogen (secondary N) is 2. The van der Waals surface area contributed by atoms with Crippen LogP contribution >= 0.6 is 11.6 Å². The number of piperazine rings is 1. The summed E-state index contributed by atoms with van der Waals surface area (Å²) in [7, 11) is 2.11. The molecule has 1 aliphatic carbocycles. The highest BCUT2D eigenvalue weighted by atomic mass is 35.5. The second-order valence-electron chi connectivity index (χ2n) is 8.56. The number of hydrogen-bond donors (Lipinski definition) is 2. The summed E-state index contributed by atoms with van der Waals surface area (Å²) in [6.07, 6.45) is 3.60. The number of imidazole rings is 1. The first-order valence-electron chi connectivity index (χ1n) is 10.8. The van der Waals surface area contributed by atoms with Gasteiger partial charge in [-0.1, -0.05) is 11.6 Å². The lowest BCUT2D eigenvalue weighted by Gasteiger charge is -2.39. The summed E-state index contributed by atoms with van der Waals surface area (Å²) in [4.78, 5) is 13.4. The first-order valence-corrected chi connectivity index (χ1v) is 11.2. The van der Waals surface area contributed by atoms with Gasteiger partial charge in [0.15, 0.2) is 17.2 Å². The molecule has 1 saturated heterocycles. The van der Waals surface area contributed by atoms with Gasteiger partial charge < -0.3 is 20.4 Å². The highest BCUT2D eigenvalue weighted by molar-refractivity contribution is 6.36. The van der Waals surface area contributed by atoms with E-state index in [-0.39, 0.29) is 5.95 Å². The predicted octanol–water partition coefficient (Wildman–Crippen LogP) is 2.98. The van der Waals surface area contributed by atoms with Crippen LogP contribution in [0.4, 0.5) is 23.1 Å². The number of anilines is 4. The maximum Gasteiger partial charge on any atom is 0.247 e. The van der Waals surface area contributed by atoms with Gasteiger partial charge in [-0.25, -0.2) is 4.98 Å². The second kappa shape index (κ2) is 8.39. The lowest BCUT2D eigenvalue weighted by molar-refractivity contribution is 0.234. The molecule has 11 heteroatoms. The molecule has 1 aliphatic heterocycles. The van der Waals surface area contributed by atoms with E-state index in [1.807, 2.05) is 6.07 Å². The van der Waals surface area contributed by atoms with Crippen molar-refractivity contribution >= 4 is 40.4 Å². The molecule has 0 amide bonds. The van der Waals surface area contributed by atoms with E-state index in [0.29, 0.717) is 45.5 Å². The lowest BCUT2D eigenvalue weighted by Crippen LogP contribution is -2.50. The van der Waals surface area contributed by atoms with E-state index in [1.54, 1.807) is 6.07 Å². The molecule has 3 heterocycles. The van der Waals surface area contributed by atoms with Gasteiger partial charge >= 0.3 is 0 Å². The molecule has 1 atom stereocenters. The number of likely N-dealkylation sites (N-methyl/N-ethyl adjacent to an activating group) is 1. The molecule has 0 bridgehead atoms. The van der Waals surface area contributed by atoms with E-state index in [2.05, 4.69) is 61.6 Å². The minimum atomic E-state index is 0.259. The maximum absolute atomic E-state index is 9.63. The fourth-order valence-corrected chi connectivity index (χ4v) is 4.19. The molecule has 0 radical (unpaired) electrons. The molecule has 168 valence electrons. The summed E-state index contributed by atoms with van der Waals surface area (Å²) in [5.41, 5.74) is 2.62. The Morgan fingerprint density at radius 2 is 2.00 bits per heavy atom.